The van der Waals surface area contributed by atoms with Gasteiger partial charge in [-0.15, -0.1) is 0 Å². The van der Waals surface area contributed by atoms with Gasteiger partial charge in [0, 0.05) is 6.92 Å². The third-order valence-electron chi connectivity index (χ3n) is 1.52. The summed E-state index contributed by atoms with van der Waals surface area (Å²) in [5.74, 6) is -1.29. The van der Waals surface area contributed by atoms with Crippen molar-refractivity contribution in [3.8, 4) is 0 Å². The molecule has 0 spiro atoms. The van der Waals surface area contributed by atoms with E-state index >= 15 is 0 Å². The number of ether oxygens (including phenoxy) is 1. The van der Waals surface area contributed by atoms with E-state index in [1.807, 2.05) is 0 Å². The van der Waals surface area contributed by atoms with Gasteiger partial charge in [-0.2, -0.15) is 0 Å². The molecule has 0 aliphatic rings. The van der Waals surface area contributed by atoms with E-state index in [4.69, 9.17) is 0 Å². The molecule has 0 saturated carbocycles. The van der Waals surface area contributed by atoms with Gasteiger partial charge in [0.1, 0.15) is 4.92 Å². The monoisotopic (exact) mass is 207 g/mol. The van der Waals surface area contributed by atoms with Crippen LogP contribution in [0.25, 0.3) is 6.08 Å². The zero-order chi connectivity index (χ0) is 11.3. The molecule has 15 heavy (non-hydrogen) atoms. The van der Waals surface area contributed by atoms with Crippen LogP contribution in [-0.2, 0) is 9.53 Å². The number of esters is 1. The van der Waals surface area contributed by atoms with Gasteiger partial charge in [0.05, 0.1) is 6.08 Å². The molecule has 78 valence electrons. The maximum atomic E-state index is 10.6. The summed E-state index contributed by atoms with van der Waals surface area (Å²) in [6.07, 6.45) is 1.20. The van der Waals surface area contributed by atoms with Gasteiger partial charge in [0.2, 0.25) is 0 Å². The van der Waals surface area contributed by atoms with Crippen molar-refractivity contribution >= 4 is 12.0 Å². The highest BCUT2D eigenvalue weighted by atomic mass is 16.7. The average molecular weight is 207 g/mol. The first kappa shape index (κ1) is 10.9. The molecular weight excluding hydrogens is 198 g/mol. The minimum absolute atomic E-state index is 0.575. The van der Waals surface area contributed by atoms with Crippen LogP contribution < -0.4 is 0 Å². The van der Waals surface area contributed by atoms with Crippen LogP contribution in [0.2, 0.25) is 0 Å². The fourth-order valence-electron chi connectivity index (χ4n) is 0.959. The molecule has 5 nitrogen and oxygen atoms in total. The van der Waals surface area contributed by atoms with Gasteiger partial charge in [-0.25, -0.2) is 0 Å². The highest BCUT2D eigenvalue weighted by Crippen LogP contribution is 2.08. The second-order valence-electron chi connectivity index (χ2n) is 2.74. The number of carbonyl (C=O) groups is 1. The molecule has 0 radical (unpaired) electrons. The number of hydrogen-bond acceptors (Lipinski definition) is 4. The molecule has 0 fully saturated rings. The Morgan fingerprint density at radius 2 is 2.00 bits per heavy atom. The smallest absolute Gasteiger partial charge is 0.367 e. The predicted molar refractivity (Wildman–Crippen MR) is 53.2 cm³/mol. The number of nitro groups is 1. The highest BCUT2D eigenvalue weighted by molar-refractivity contribution is 5.68. The molecule has 0 bridgehead atoms. The lowest BCUT2D eigenvalue weighted by Gasteiger charge is -1.97. The predicted octanol–water partition coefficient (Wildman–Crippen LogP) is 1.82. The van der Waals surface area contributed by atoms with E-state index < -0.39 is 16.8 Å². The van der Waals surface area contributed by atoms with Crippen LogP contribution in [0.1, 0.15) is 12.5 Å². The first-order chi connectivity index (χ1) is 7.09. The summed E-state index contributed by atoms with van der Waals surface area (Å²) in [6, 6.07) is 8.60. The molecule has 0 heterocycles. The van der Waals surface area contributed by atoms with Crippen LogP contribution in [0.4, 0.5) is 0 Å². The number of hydrogen-bond donors (Lipinski definition) is 0. The van der Waals surface area contributed by atoms with Crippen LogP contribution in [0, 0.1) is 10.1 Å². The Kier molecular flexibility index (Phi) is 3.56. The first-order valence-corrected chi connectivity index (χ1v) is 4.19. The normalized spacial score (nSPS) is 10.9. The Bertz CT molecular complexity index is 397. The Labute approximate surface area is 86.1 Å². The minimum Gasteiger partial charge on any atom is -0.367 e. The summed E-state index contributed by atoms with van der Waals surface area (Å²) in [5.41, 5.74) is 0.602. The van der Waals surface area contributed by atoms with Gasteiger partial charge < -0.3 is 4.74 Å². The largest absolute Gasteiger partial charge is 0.436 e. The Morgan fingerprint density at radius 3 is 2.47 bits per heavy atom. The summed E-state index contributed by atoms with van der Waals surface area (Å²) in [6.45, 7) is 1.11. The van der Waals surface area contributed by atoms with Crippen molar-refractivity contribution in [2.75, 3.05) is 0 Å². The summed E-state index contributed by atoms with van der Waals surface area (Å²) < 4.78 is 4.44. The lowest BCUT2D eigenvalue weighted by Crippen LogP contribution is -2.07. The molecule has 0 amide bonds. The molecule has 0 unspecified atom stereocenters. The molecule has 1 aromatic carbocycles. The van der Waals surface area contributed by atoms with Gasteiger partial charge in [-0.3, -0.25) is 14.9 Å². The van der Waals surface area contributed by atoms with E-state index in [0.29, 0.717) is 5.56 Å². The van der Waals surface area contributed by atoms with Crippen molar-refractivity contribution in [1.29, 1.82) is 0 Å². The highest BCUT2D eigenvalue weighted by Gasteiger charge is 2.14. The molecule has 5 heteroatoms. The standard InChI is InChI=1S/C10H9NO4/c1-8(12)15-10(11(13)14)7-9-5-3-2-4-6-9/h2-7H,1H3. The minimum atomic E-state index is -0.742. The lowest BCUT2D eigenvalue weighted by atomic mass is 10.2. The zero-order valence-corrected chi connectivity index (χ0v) is 8.04. The lowest BCUT2D eigenvalue weighted by molar-refractivity contribution is -0.456. The summed E-state index contributed by atoms with van der Waals surface area (Å²) in [7, 11) is 0. The molecule has 0 N–H and O–H groups in total. The first-order valence-electron chi connectivity index (χ1n) is 4.19. The zero-order valence-electron chi connectivity index (χ0n) is 8.04. The second kappa shape index (κ2) is 4.90. The molecule has 0 atom stereocenters. The maximum Gasteiger partial charge on any atom is 0.436 e. The fourth-order valence-corrected chi connectivity index (χ4v) is 0.959. The topological polar surface area (TPSA) is 69.4 Å². The quantitative estimate of drug-likeness (QED) is 0.328. The molecule has 0 aromatic heterocycles. The molecular formula is C10H9NO4. The van der Waals surface area contributed by atoms with Crippen molar-refractivity contribution in [3.05, 3.63) is 51.9 Å². The number of nitrogens with zero attached hydrogens (tertiary/aromatic N) is 1. The summed E-state index contributed by atoms with van der Waals surface area (Å²) >= 11 is 0. The third kappa shape index (κ3) is 3.60. The Hall–Kier alpha value is -2.17. The van der Waals surface area contributed by atoms with Crippen LogP contribution in [0.5, 0.6) is 0 Å². The van der Waals surface area contributed by atoms with Crippen molar-refractivity contribution in [3.63, 3.8) is 0 Å². The average Bonchev–Trinajstić information content (AvgIpc) is 2.17. The number of rotatable bonds is 3. The van der Waals surface area contributed by atoms with Crippen molar-refractivity contribution < 1.29 is 14.5 Å². The Morgan fingerprint density at radius 1 is 1.40 bits per heavy atom. The van der Waals surface area contributed by atoms with E-state index in [2.05, 4.69) is 4.74 Å². The van der Waals surface area contributed by atoms with Crippen LogP contribution in [0.15, 0.2) is 36.2 Å². The van der Waals surface area contributed by atoms with E-state index in [-0.39, 0.29) is 0 Å². The summed E-state index contributed by atoms with van der Waals surface area (Å²) in [4.78, 5) is 20.3. The molecule has 1 aromatic rings. The van der Waals surface area contributed by atoms with Gasteiger partial charge in [0.15, 0.2) is 0 Å². The molecule has 0 aliphatic carbocycles. The second-order valence-corrected chi connectivity index (χ2v) is 2.74. The van der Waals surface area contributed by atoms with Gasteiger partial charge >= 0.3 is 11.9 Å². The van der Waals surface area contributed by atoms with E-state index in [0.717, 1.165) is 6.92 Å². The van der Waals surface area contributed by atoms with Gasteiger partial charge in [-0.1, -0.05) is 30.3 Å². The number of carbonyl (C=O) groups excluding carboxylic acids is 1. The molecule has 1 rings (SSSR count). The van der Waals surface area contributed by atoms with E-state index in [1.165, 1.54) is 6.08 Å². The van der Waals surface area contributed by atoms with E-state index in [1.54, 1.807) is 30.3 Å². The SMILES string of the molecule is CC(=O)OC(=Cc1ccccc1)[N+](=O)[O-]. The van der Waals surface area contributed by atoms with Crippen molar-refractivity contribution in [1.82, 2.24) is 0 Å². The van der Waals surface area contributed by atoms with E-state index in [9.17, 15) is 14.9 Å². The third-order valence-corrected chi connectivity index (χ3v) is 1.52. The molecule has 0 aliphatic heterocycles. The Balaban J connectivity index is 2.94. The van der Waals surface area contributed by atoms with Crippen molar-refractivity contribution in [2.45, 2.75) is 6.92 Å². The maximum absolute atomic E-state index is 10.6. The summed E-state index contributed by atoms with van der Waals surface area (Å²) in [5, 5.41) is 10.5. The number of benzene rings is 1. The fraction of sp³-hybridized carbons (Fsp3) is 0.100. The molecule has 0 saturated heterocycles. The van der Waals surface area contributed by atoms with Crippen LogP contribution in [-0.4, -0.2) is 10.9 Å². The van der Waals surface area contributed by atoms with Crippen LogP contribution >= 0.6 is 0 Å². The van der Waals surface area contributed by atoms with Crippen molar-refractivity contribution in [2.24, 2.45) is 0 Å². The van der Waals surface area contributed by atoms with Gasteiger partial charge in [0.25, 0.3) is 0 Å². The van der Waals surface area contributed by atoms with Gasteiger partial charge in [-0.05, 0) is 5.56 Å². The van der Waals surface area contributed by atoms with Crippen LogP contribution in [0.3, 0.4) is 0 Å².